The molecule has 0 radical (unpaired) electrons. The Morgan fingerprint density at radius 3 is 2.91 bits per heavy atom. The summed E-state index contributed by atoms with van der Waals surface area (Å²) in [5.74, 6) is 0.303. The van der Waals surface area contributed by atoms with Gasteiger partial charge in [-0.1, -0.05) is 6.08 Å². The van der Waals surface area contributed by atoms with Gasteiger partial charge in [0.15, 0.2) is 5.78 Å². The summed E-state index contributed by atoms with van der Waals surface area (Å²) in [5.41, 5.74) is 0.759. The molecule has 1 aromatic rings. The zero-order chi connectivity index (χ0) is 16.9. The summed E-state index contributed by atoms with van der Waals surface area (Å²) in [6.07, 6.45) is 8.06. The SMILES string of the molecule is CCS(=O)(=O)Nc1nccc(CCCC2C(=O)CC=CN2C)n1. The maximum Gasteiger partial charge on any atom is 0.236 e. The molecule has 2 heterocycles. The van der Waals surface area contributed by atoms with Crippen molar-refractivity contribution in [2.75, 3.05) is 17.5 Å². The van der Waals surface area contributed by atoms with E-state index in [1.54, 1.807) is 13.0 Å². The molecule has 1 aliphatic heterocycles. The molecule has 0 bridgehead atoms. The smallest absolute Gasteiger partial charge is 0.236 e. The largest absolute Gasteiger partial charge is 0.371 e. The number of allylic oxidation sites excluding steroid dienone is 1. The molecule has 0 spiro atoms. The van der Waals surface area contributed by atoms with Gasteiger partial charge in [-0.3, -0.25) is 9.52 Å². The van der Waals surface area contributed by atoms with Crippen LogP contribution in [0.3, 0.4) is 0 Å². The lowest BCUT2D eigenvalue weighted by Crippen LogP contribution is -2.37. The van der Waals surface area contributed by atoms with Gasteiger partial charge < -0.3 is 4.90 Å². The fourth-order valence-electron chi connectivity index (χ4n) is 2.44. The van der Waals surface area contributed by atoms with Gasteiger partial charge in [0.05, 0.1) is 11.8 Å². The average Bonchev–Trinajstić information content (AvgIpc) is 2.50. The van der Waals surface area contributed by atoms with Crippen LogP contribution < -0.4 is 4.72 Å². The minimum absolute atomic E-state index is 0.0236. The average molecular weight is 338 g/mol. The number of nitrogens with zero attached hydrogens (tertiary/aromatic N) is 3. The Kier molecular flexibility index (Phi) is 5.70. The van der Waals surface area contributed by atoms with Crippen LogP contribution in [-0.4, -0.2) is 47.9 Å². The number of carbonyl (C=O) groups is 1. The molecule has 2 rings (SSSR count). The first-order valence-corrected chi connectivity index (χ1v) is 9.30. The van der Waals surface area contributed by atoms with E-state index in [2.05, 4.69) is 14.7 Å². The van der Waals surface area contributed by atoms with Gasteiger partial charge in [-0.15, -0.1) is 0 Å². The van der Waals surface area contributed by atoms with Crippen molar-refractivity contribution in [2.24, 2.45) is 0 Å². The molecule has 1 unspecified atom stereocenters. The second-order valence-electron chi connectivity index (χ2n) is 5.51. The van der Waals surface area contributed by atoms with Crippen LogP contribution in [-0.2, 0) is 21.2 Å². The molecule has 0 amide bonds. The van der Waals surface area contributed by atoms with Crippen LogP contribution in [0.4, 0.5) is 5.95 Å². The number of likely N-dealkylation sites (N-methyl/N-ethyl adjacent to an activating group) is 1. The van der Waals surface area contributed by atoms with E-state index < -0.39 is 10.0 Å². The van der Waals surface area contributed by atoms with E-state index in [9.17, 15) is 13.2 Å². The van der Waals surface area contributed by atoms with E-state index in [0.29, 0.717) is 12.8 Å². The van der Waals surface area contributed by atoms with Crippen LogP contribution in [0.5, 0.6) is 0 Å². The molecule has 23 heavy (non-hydrogen) atoms. The zero-order valence-electron chi connectivity index (χ0n) is 13.4. The zero-order valence-corrected chi connectivity index (χ0v) is 14.2. The van der Waals surface area contributed by atoms with E-state index in [1.165, 1.54) is 6.20 Å². The number of aromatic nitrogens is 2. The quantitative estimate of drug-likeness (QED) is 0.807. The number of rotatable bonds is 7. The van der Waals surface area contributed by atoms with Crippen LogP contribution in [0.25, 0.3) is 0 Å². The summed E-state index contributed by atoms with van der Waals surface area (Å²) in [4.78, 5) is 22.0. The van der Waals surface area contributed by atoms with Crippen LogP contribution in [0.2, 0.25) is 0 Å². The van der Waals surface area contributed by atoms with Gasteiger partial charge in [0.2, 0.25) is 16.0 Å². The Morgan fingerprint density at radius 2 is 2.22 bits per heavy atom. The van der Waals surface area contributed by atoms with E-state index in [-0.39, 0.29) is 23.5 Å². The third-order valence-electron chi connectivity index (χ3n) is 3.77. The molecule has 0 saturated carbocycles. The van der Waals surface area contributed by atoms with Crippen molar-refractivity contribution in [3.63, 3.8) is 0 Å². The van der Waals surface area contributed by atoms with Crippen molar-refractivity contribution in [1.29, 1.82) is 0 Å². The number of aryl methyl sites for hydroxylation is 1. The van der Waals surface area contributed by atoms with Crippen LogP contribution in [0.15, 0.2) is 24.5 Å². The van der Waals surface area contributed by atoms with Crippen molar-refractivity contribution in [3.8, 4) is 0 Å². The first-order valence-electron chi connectivity index (χ1n) is 7.65. The van der Waals surface area contributed by atoms with Crippen molar-refractivity contribution in [3.05, 3.63) is 30.2 Å². The molecular weight excluding hydrogens is 316 g/mol. The van der Waals surface area contributed by atoms with Gasteiger partial charge in [0, 0.05) is 25.4 Å². The number of hydrogen-bond acceptors (Lipinski definition) is 6. The highest BCUT2D eigenvalue weighted by Gasteiger charge is 2.22. The van der Waals surface area contributed by atoms with Crippen molar-refractivity contribution < 1.29 is 13.2 Å². The second kappa shape index (κ2) is 7.54. The molecule has 7 nitrogen and oxygen atoms in total. The Balaban J connectivity index is 1.91. The molecule has 1 aliphatic rings. The Morgan fingerprint density at radius 1 is 1.43 bits per heavy atom. The van der Waals surface area contributed by atoms with Crippen molar-refractivity contribution >= 4 is 21.8 Å². The van der Waals surface area contributed by atoms with Crippen molar-refractivity contribution in [2.45, 2.75) is 38.6 Å². The first kappa shape index (κ1) is 17.4. The number of hydrogen-bond donors (Lipinski definition) is 1. The summed E-state index contributed by atoms with van der Waals surface area (Å²) in [7, 11) is -1.47. The maximum atomic E-state index is 11.9. The number of anilines is 1. The molecular formula is C15H22N4O3S. The molecule has 1 aromatic heterocycles. The van der Waals surface area contributed by atoms with Crippen molar-refractivity contribution in [1.82, 2.24) is 14.9 Å². The van der Waals surface area contributed by atoms with E-state index in [1.807, 2.05) is 24.2 Å². The predicted octanol–water partition coefficient (Wildman–Crippen LogP) is 1.35. The molecule has 1 N–H and O–H groups in total. The van der Waals surface area contributed by atoms with Crippen LogP contribution >= 0.6 is 0 Å². The monoisotopic (exact) mass is 338 g/mol. The molecule has 0 aliphatic carbocycles. The molecule has 0 saturated heterocycles. The molecule has 1 atom stereocenters. The summed E-state index contributed by atoms with van der Waals surface area (Å²) >= 11 is 0. The standard InChI is InChI=1S/C15H22N4O3S/c1-3-23(21,22)18-15-16-10-9-12(17-15)6-4-7-13-14(20)8-5-11-19(13)2/h5,9-11,13H,3-4,6-8H2,1-2H3,(H,16,17,18). The lowest BCUT2D eigenvalue weighted by Gasteiger charge is -2.28. The van der Waals surface area contributed by atoms with Crippen LogP contribution in [0, 0.1) is 0 Å². The van der Waals surface area contributed by atoms with E-state index in [4.69, 9.17) is 0 Å². The Bertz CT molecular complexity index is 688. The topological polar surface area (TPSA) is 92.3 Å². The number of ketones is 1. The van der Waals surface area contributed by atoms with Gasteiger partial charge >= 0.3 is 0 Å². The first-order chi connectivity index (χ1) is 10.9. The molecule has 8 heteroatoms. The molecule has 0 fully saturated rings. The third kappa shape index (κ3) is 5.02. The minimum Gasteiger partial charge on any atom is -0.371 e. The molecule has 0 aromatic carbocycles. The van der Waals surface area contributed by atoms with Gasteiger partial charge in [-0.25, -0.2) is 18.4 Å². The Hall–Kier alpha value is -1.96. The minimum atomic E-state index is -3.38. The lowest BCUT2D eigenvalue weighted by molar-refractivity contribution is -0.123. The lowest BCUT2D eigenvalue weighted by atomic mass is 9.99. The van der Waals surface area contributed by atoms with Crippen LogP contribution in [0.1, 0.15) is 31.9 Å². The molecule has 126 valence electrons. The predicted molar refractivity (Wildman–Crippen MR) is 88.4 cm³/mol. The Labute approximate surface area is 136 Å². The second-order valence-corrected chi connectivity index (χ2v) is 7.52. The summed E-state index contributed by atoms with van der Waals surface area (Å²) in [6, 6.07) is 1.68. The summed E-state index contributed by atoms with van der Waals surface area (Å²) in [5, 5.41) is 0. The maximum absolute atomic E-state index is 11.9. The highest BCUT2D eigenvalue weighted by Crippen LogP contribution is 2.16. The fourth-order valence-corrected chi connectivity index (χ4v) is 2.96. The number of sulfonamides is 1. The summed E-state index contributed by atoms with van der Waals surface area (Å²) in [6.45, 7) is 1.55. The van der Waals surface area contributed by atoms with Gasteiger partial charge in [0.1, 0.15) is 0 Å². The summed E-state index contributed by atoms with van der Waals surface area (Å²) < 4.78 is 25.4. The fraction of sp³-hybridized carbons (Fsp3) is 0.533. The third-order valence-corrected chi connectivity index (χ3v) is 5.03. The number of nitrogens with one attached hydrogen (secondary N) is 1. The highest BCUT2D eigenvalue weighted by molar-refractivity contribution is 7.92. The van der Waals surface area contributed by atoms with E-state index >= 15 is 0 Å². The number of carbonyl (C=O) groups excluding carboxylic acids is 1. The van der Waals surface area contributed by atoms with Gasteiger partial charge in [-0.05, 0) is 38.5 Å². The highest BCUT2D eigenvalue weighted by atomic mass is 32.2. The van der Waals surface area contributed by atoms with E-state index in [0.717, 1.165) is 18.5 Å². The number of Topliss-reactive ketones (excluding diaryl/α,β-unsaturated/α-hetero) is 1. The van der Waals surface area contributed by atoms with Gasteiger partial charge in [-0.2, -0.15) is 0 Å². The van der Waals surface area contributed by atoms with Gasteiger partial charge in [0.25, 0.3) is 0 Å². The normalized spacial score (nSPS) is 18.3.